The Morgan fingerprint density at radius 1 is 1.20 bits per heavy atom. The Hall–Kier alpha value is -1.51. The lowest BCUT2D eigenvalue weighted by Crippen LogP contribution is -2.24. The number of esters is 1. The van der Waals surface area contributed by atoms with Crippen molar-refractivity contribution in [3.05, 3.63) is 28.8 Å². The van der Waals surface area contributed by atoms with Gasteiger partial charge in [0.25, 0.3) is 0 Å². The van der Waals surface area contributed by atoms with E-state index in [4.69, 9.17) is 10.5 Å². The molecule has 0 heterocycles. The summed E-state index contributed by atoms with van der Waals surface area (Å²) in [5.74, 6) is 0.579. The van der Waals surface area contributed by atoms with Crippen molar-refractivity contribution < 1.29 is 9.53 Å². The van der Waals surface area contributed by atoms with Crippen molar-refractivity contribution in [3.8, 4) is 0 Å². The lowest BCUT2D eigenvalue weighted by atomic mass is 9.86. The summed E-state index contributed by atoms with van der Waals surface area (Å²) in [6, 6.07) is 3.69. The molecule has 1 aliphatic rings. The van der Waals surface area contributed by atoms with Gasteiger partial charge in [0, 0.05) is 5.69 Å². The second-order valence-corrected chi connectivity index (χ2v) is 5.98. The largest absolute Gasteiger partial charge is 0.459 e. The van der Waals surface area contributed by atoms with Gasteiger partial charge in [-0.2, -0.15) is 0 Å². The molecule has 1 aromatic carbocycles. The van der Waals surface area contributed by atoms with Crippen LogP contribution < -0.4 is 5.73 Å². The van der Waals surface area contributed by atoms with E-state index in [-0.39, 0.29) is 12.1 Å². The quantitative estimate of drug-likeness (QED) is 0.669. The van der Waals surface area contributed by atoms with E-state index in [9.17, 15) is 4.79 Å². The molecule has 0 spiro atoms. The van der Waals surface area contributed by atoms with Gasteiger partial charge in [-0.25, -0.2) is 4.79 Å². The van der Waals surface area contributed by atoms with Crippen LogP contribution in [0.5, 0.6) is 0 Å². The van der Waals surface area contributed by atoms with Gasteiger partial charge in [0.05, 0.1) is 5.56 Å². The Bertz CT molecular complexity index is 488. The van der Waals surface area contributed by atoms with Crippen molar-refractivity contribution in [2.24, 2.45) is 5.92 Å². The Morgan fingerprint density at radius 2 is 1.85 bits per heavy atom. The number of ether oxygens (including phenoxy) is 1. The second-order valence-electron chi connectivity index (χ2n) is 5.98. The fourth-order valence-corrected chi connectivity index (χ4v) is 2.96. The van der Waals surface area contributed by atoms with Crippen molar-refractivity contribution in [1.82, 2.24) is 0 Å². The second kappa shape index (κ2) is 6.29. The summed E-state index contributed by atoms with van der Waals surface area (Å²) in [6.45, 7) is 6.11. The Morgan fingerprint density at radius 3 is 2.45 bits per heavy atom. The number of benzene rings is 1. The molecular formula is C17H25NO2. The van der Waals surface area contributed by atoms with Crippen LogP contribution in [0.3, 0.4) is 0 Å². The number of carbonyl (C=O) groups excluding carboxylic acids is 1. The summed E-state index contributed by atoms with van der Waals surface area (Å²) in [5.41, 5.74) is 9.08. The van der Waals surface area contributed by atoms with Gasteiger partial charge in [0.15, 0.2) is 0 Å². The summed E-state index contributed by atoms with van der Waals surface area (Å²) in [4.78, 5) is 12.3. The molecule has 3 nitrogen and oxygen atoms in total. The lowest BCUT2D eigenvalue weighted by molar-refractivity contribution is 0.0163. The van der Waals surface area contributed by atoms with Crippen LogP contribution in [-0.4, -0.2) is 12.1 Å². The molecule has 110 valence electrons. The molecule has 1 saturated carbocycles. The number of rotatable bonds is 3. The SMILES string of the molecule is CCC1CCC(OC(=O)c2cc(N)c(C)cc2C)CC1. The van der Waals surface area contributed by atoms with Crippen molar-refractivity contribution in [1.29, 1.82) is 0 Å². The number of anilines is 1. The zero-order chi connectivity index (χ0) is 14.7. The number of carbonyl (C=O) groups is 1. The maximum absolute atomic E-state index is 12.3. The highest BCUT2D eigenvalue weighted by molar-refractivity contribution is 5.92. The van der Waals surface area contributed by atoms with Gasteiger partial charge in [-0.15, -0.1) is 0 Å². The summed E-state index contributed by atoms with van der Waals surface area (Å²) in [7, 11) is 0. The highest BCUT2D eigenvalue weighted by Gasteiger charge is 2.24. The van der Waals surface area contributed by atoms with Crippen LogP contribution in [0.2, 0.25) is 0 Å². The molecule has 20 heavy (non-hydrogen) atoms. The van der Waals surface area contributed by atoms with Crippen molar-refractivity contribution in [2.75, 3.05) is 5.73 Å². The van der Waals surface area contributed by atoms with Crippen LogP contribution in [0.1, 0.15) is 60.5 Å². The first-order valence-corrected chi connectivity index (χ1v) is 7.59. The van der Waals surface area contributed by atoms with Gasteiger partial charge in [0.1, 0.15) is 6.10 Å². The summed E-state index contributed by atoms with van der Waals surface area (Å²) in [5, 5.41) is 0. The molecule has 0 saturated heterocycles. The first-order valence-electron chi connectivity index (χ1n) is 7.59. The summed E-state index contributed by atoms with van der Waals surface area (Å²) < 4.78 is 5.65. The smallest absolute Gasteiger partial charge is 0.338 e. The molecule has 0 aromatic heterocycles. The van der Waals surface area contributed by atoms with Gasteiger partial charge >= 0.3 is 5.97 Å². The molecule has 1 aromatic rings. The lowest BCUT2D eigenvalue weighted by Gasteiger charge is -2.27. The van der Waals surface area contributed by atoms with Crippen LogP contribution in [0.15, 0.2) is 12.1 Å². The first kappa shape index (κ1) is 14.9. The number of hydrogen-bond acceptors (Lipinski definition) is 3. The minimum absolute atomic E-state index is 0.0761. The van der Waals surface area contributed by atoms with E-state index < -0.39 is 0 Å². The molecule has 0 unspecified atom stereocenters. The summed E-state index contributed by atoms with van der Waals surface area (Å²) >= 11 is 0. The van der Waals surface area contributed by atoms with Crippen molar-refractivity contribution >= 4 is 11.7 Å². The molecule has 1 aliphatic carbocycles. The fraction of sp³-hybridized carbons (Fsp3) is 0.588. The number of aryl methyl sites for hydroxylation is 2. The Balaban J connectivity index is 2.01. The molecule has 0 bridgehead atoms. The van der Waals surface area contributed by atoms with E-state index in [1.165, 1.54) is 19.3 Å². The van der Waals surface area contributed by atoms with Crippen LogP contribution in [0.4, 0.5) is 5.69 Å². The molecule has 0 atom stereocenters. The van der Waals surface area contributed by atoms with Crippen LogP contribution in [0.25, 0.3) is 0 Å². The van der Waals surface area contributed by atoms with Gasteiger partial charge in [-0.1, -0.05) is 19.4 Å². The Kier molecular flexibility index (Phi) is 4.69. The van der Waals surface area contributed by atoms with Gasteiger partial charge in [0.2, 0.25) is 0 Å². The topological polar surface area (TPSA) is 52.3 Å². The number of nitrogens with two attached hydrogens (primary N) is 1. The average molecular weight is 275 g/mol. The van der Waals surface area contributed by atoms with Gasteiger partial charge in [-0.05, 0) is 62.6 Å². The molecule has 0 radical (unpaired) electrons. The normalized spacial score (nSPS) is 22.6. The highest BCUT2D eigenvalue weighted by Crippen LogP contribution is 2.29. The highest BCUT2D eigenvalue weighted by atomic mass is 16.5. The standard InChI is InChI=1S/C17H25NO2/c1-4-13-5-7-14(8-6-13)20-17(19)15-10-16(18)12(3)9-11(15)2/h9-10,13-14H,4-8,18H2,1-3H3. The van der Waals surface area contributed by atoms with Gasteiger partial charge in [-0.3, -0.25) is 0 Å². The van der Waals surface area contributed by atoms with E-state index in [1.807, 2.05) is 19.9 Å². The number of hydrogen-bond donors (Lipinski definition) is 1. The van der Waals surface area contributed by atoms with Crippen molar-refractivity contribution in [2.45, 2.75) is 59.0 Å². The van der Waals surface area contributed by atoms with E-state index in [1.54, 1.807) is 6.07 Å². The fourth-order valence-electron chi connectivity index (χ4n) is 2.96. The van der Waals surface area contributed by atoms with E-state index in [2.05, 4.69) is 6.92 Å². The third-order valence-electron chi connectivity index (χ3n) is 4.48. The third kappa shape index (κ3) is 3.33. The molecule has 2 rings (SSSR count). The van der Waals surface area contributed by atoms with Crippen LogP contribution in [-0.2, 0) is 4.74 Å². The average Bonchev–Trinajstić information content (AvgIpc) is 2.43. The first-order chi connectivity index (χ1) is 9.51. The van der Waals surface area contributed by atoms with E-state index >= 15 is 0 Å². The van der Waals surface area contributed by atoms with E-state index in [0.29, 0.717) is 11.3 Å². The molecule has 2 N–H and O–H groups in total. The van der Waals surface area contributed by atoms with E-state index in [0.717, 1.165) is 29.9 Å². The minimum Gasteiger partial charge on any atom is -0.459 e. The predicted octanol–water partition coefficient (Wildman–Crippen LogP) is 4.01. The predicted molar refractivity (Wildman–Crippen MR) is 81.8 cm³/mol. The monoisotopic (exact) mass is 275 g/mol. The maximum atomic E-state index is 12.3. The minimum atomic E-state index is -0.228. The zero-order valence-corrected chi connectivity index (χ0v) is 12.7. The van der Waals surface area contributed by atoms with Crippen molar-refractivity contribution in [3.63, 3.8) is 0 Å². The summed E-state index contributed by atoms with van der Waals surface area (Å²) in [6.07, 6.45) is 5.63. The molecule has 3 heteroatoms. The molecule has 0 aliphatic heterocycles. The van der Waals surface area contributed by atoms with Gasteiger partial charge < -0.3 is 10.5 Å². The third-order valence-corrected chi connectivity index (χ3v) is 4.48. The molecule has 1 fully saturated rings. The van der Waals surface area contributed by atoms with Crippen LogP contribution in [0, 0.1) is 19.8 Å². The molecule has 0 amide bonds. The van der Waals surface area contributed by atoms with Crippen LogP contribution >= 0.6 is 0 Å². The molecular weight excluding hydrogens is 250 g/mol. The zero-order valence-electron chi connectivity index (χ0n) is 12.7. The maximum Gasteiger partial charge on any atom is 0.338 e. The number of nitrogen functional groups attached to an aromatic ring is 1. The Labute approximate surface area is 121 Å².